The highest BCUT2D eigenvalue weighted by atomic mass is 16.5. The first kappa shape index (κ1) is 20.7. The molecule has 2 aromatic rings. The number of rotatable bonds is 4. The monoisotopic (exact) mass is 422 g/mol. The normalized spacial score (nSPS) is 27.6. The molecule has 1 amide bonds. The number of carboxylic acid groups (broad SMARTS) is 1. The van der Waals surface area contributed by atoms with E-state index in [1.807, 2.05) is 12.1 Å². The lowest BCUT2D eigenvalue weighted by molar-refractivity contribution is -0.122. The first-order valence-corrected chi connectivity index (χ1v) is 10.0. The van der Waals surface area contributed by atoms with Crippen LogP contribution in [-0.4, -0.2) is 63.8 Å². The number of amides is 1. The fraction of sp³-hybridized carbons (Fsp3) is 0.429. The second-order valence-electron chi connectivity index (χ2n) is 7.81. The summed E-state index contributed by atoms with van der Waals surface area (Å²) in [6.45, 7) is 1.92. The third-order valence-electron chi connectivity index (χ3n) is 6.25. The summed E-state index contributed by atoms with van der Waals surface area (Å²) in [7, 11) is 0. The lowest BCUT2D eigenvalue weighted by Crippen LogP contribution is -2.42. The summed E-state index contributed by atoms with van der Waals surface area (Å²) in [4.78, 5) is 35.4. The van der Waals surface area contributed by atoms with E-state index in [0.29, 0.717) is 23.9 Å². The summed E-state index contributed by atoms with van der Waals surface area (Å²) < 4.78 is 6.43. The summed E-state index contributed by atoms with van der Waals surface area (Å²) in [5.41, 5.74) is 0.577. The highest BCUT2D eigenvalue weighted by Gasteiger charge is 2.63. The first-order chi connectivity index (χ1) is 15.1. The maximum atomic E-state index is 12.3. The lowest BCUT2D eigenvalue weighted by Gasteiger charge is -2.29. The Morgan fingerprint density at radius 1 is 1.45 bits per heavy atom. The third-order valence-corrected chi connectivity index (χ3v) is 6.25. The van der Waals surface area contributed by atoms with Crippen LogP contribution in [-0.2, 0) is 9.53 Å². The van der Waals surface area contributed by atoms with Crippen LogP contribution < -0.4 is 10.2 Å². The molecule has 1 spiro atoms. The van der Waals surface area contributed by atoms with Gasteiger partial charge in [-0.1, -0.05) is 6.07 Å². The minimum absolute atomic E-state index is 0.170. The molecule has 160 valence electrons. The fourth-order valence-electron chi connectivity index (χ4n) is 5.02. The molecule has 3 aliphatic rings. The van der Waals surface area contributed by atoms with Gasteiger partial charge in [-0.3, -0.25) is 14.6 Å². The zero-order valence-corrected chi connectivity index (χ0v) is 16.7. The lowest BCUT2D eigenvalue weighted by atomic mass is 9.73. The molecular formula is C21H22N6O4. The van der Waals surface area contributed by atoms with Crippen molar-refractivity contribution in [2.45, 2.75) is 24.5 Å². The van der Waals surface area contributed by atoms with E-state index >= 15 is 0 Å². The molecule has 3 saturated heterocycles. The van der Waals surface area contributed by atoms with Crippen molar-refractivity contribution >= 4 is 18.2 Å². The van der Waals surface area contributed by atoms with E-state index in [2.05, 4.69) is 31.2 Å². The standard InChI is InChI=1S/C20H20N6O2.CH2O2/c21-8-13-2-1-3-18(25-13)26-11-15-14(17-4-5-20(15,12-26)28-17)9-24-19(27)16-10-22-6-7-23-16;2-1-3/h1-3,6-7,10,14-15,17H,4-5,9,11-12H2,(H,24,27);1H,(H,2,3)/t14-,15+,17+,20+;/m0./s1. The molecule has 2 aromatic heterocycles. The van der Waals surface area contributed by atoms with Gasteiger partial charge in [-0.15, -0.1) is 0 Å². The Morgan fingerprint density at radius 2 is 2.29 bits per heavy atom. The van der Waals surface area contributed by atoms with Gasteiger partial charge in [-0.2, -0.15) is 5.26 Å². The fourth-order valence-corrected chi connectivity index (χ4v) is 5.02. The maximum absolute atomic E-state index is 12.3. The van der Waals surface area contributed by atoms with E-state index in [-0.39, 0.29) is 30.0 Å². The van der Waals surface area contributed by atoms with E-state index < -0.39 is 0 Å². The average Bonchev–Trinajstić information content (AvgIpc) is 3.47. The zero-order valence-electron chi connectivity index (χ0n) is 16.7. The Labute approximate surface area is 178 Å². The number of hydrogen-bond acceptors (Lipinski definition) is 8. The summed E-state index contributed by atoms with van der Waals surface area (Å²) in [6, 6.07) is 7.62. The second-order valence-corrected chi connectivity index (χ2v) is 7.81. The highest BCUT2D eigenvalue weighted by Crippen LogP contribution is 2.55. The highest BCUT2D eigenvalue weighted by molar-refractivity contribution is 5.91. The van der Waals surface area contributed by atoms with Crippen LogP contribution in [0.4, 0.5) is 5.82 Å². The molecular weight excluding hydrogens is 400 g/mol. The van der Waals surface area contributed by atoms with Crippen molar-refractivity contribution in [2.24, 2.45) is 11.8 Å². The minimum atomic E-state index is -0.250. The van der Waals surface area contributed by atoms with Gasteiger partial charge in [-0.05, 0) is 25.0 Å². The number of anilines is 1. The minimum Gasteiger partial charge on any atom is -0.483 e. The van der Waals surface area contributed by atoms with Gasteiger partial charge in [-0.25, -0.2) is 9.97 Å². The zero-order chi connectivity index (χ0) is 21.8. The molecule has 0 radical (unpaired) electrons. The molecule has 4 atom stereocenters. The number of pyridine rings is 1. The third kappa shape index (κ3) is 3.92. The van der Waals surface area contributed by atoms with Crippen LogP contribution in [0.1, 0.15) is 29.0 Å². The number of aromatic nitrogens is 3. The van der Waals surface area contributed by atoms with E-state index in [9.17, 15) is 4.79 Å². The number of carbonyl (C=O) groups is 2. The van der Waals surface area contributed by atoms with Crippen LogP contribution in [0.3, 0.4) is 0 Å². The van der Waals surface area contributed by atoms with E-state index in [1.54, 1.807) is 12.3 Å². The molecule has 10 heteroatoms. The van der Waals surface area contributed by atoms with Gasteiger partial charge in [0, 0.05) is 43.9 Å². The van der Waals surface area contributed by atoms with Gasteiger partial charge >= 0.3 is 0 Å². The number of fused-ring (bicyclic) bond motifs is 1. The van der Waals surface area contributed by atoms with Crippen LogP contribution in [0.15, 0.2) is 36.8 Å². The molecule has 3 fully saturated rings. The van der Waals surface area contributed by atoms with E-state index in [4.69, 9.17) is 19.9 Å². The van der Waals surface area contributed by atoms with Gasteiger partial charge < -0.3 is 20.1 Å². The molecule has 0 saturated carbocycles. The van der Waals surface area contributed by atoms with Crippen LogP contribution in [0.5, 0.6) is 0 Å². The van der Waals surface area contributed by atoms with Crippen molar-refractivity contribution in [3.05, 3.63) is 48.2 Å². The first-order valence-electron chi connectivity index (χ1n) is 10.0. The smallest absolute Gasteiger partial charge is 0.290 e. The molecule has 0 aliphatic carbocycles. The molecule has 31 heavy (non-hydrogen) atoms. The molecule has 0 aromatic carbocycles. The summed E-state index contributed by atoms with van der Waals surface area (Å²) >= 11 is 0. The van der Waals surface area contributed by atoms with Gasteiger partial charge in [0.1, 0.15) is 23.3 Å². The van der Waals surface area contributed by atoms with Crippen molar-refractivity contribution in [3.8, 4) is 6.07 Å². The summed E-state index contributed by atoms with van der Waals surface area (Å²) in [5.74, 6) is 1.21. The van der Waals surface area contributed by atoms with Gasteiger partial charge in [0.25, 0.3) is 12.4 Å². The van der Waals surface area contributed by atoms with Crippen LogP contribution in [0.25, 0.3) is 0 Å². The number of nitrogens with one attached hydrogen (secondary N) is 1. The number of ether oxygens (including phenoxy) is 1. The summed E-state index contributed by atoms with van der Waals surface area (Å²) in [5, 5.41) is 19.0. The summed E-state index contributed by atoms with van der Waals surface area (Å²) in [6.07, 6.45) is 6.77. The van der Waals surface area contributed by atoms with E-state index in [1.165, 1.54) is 12.4 Å². The number of nitriles is 1. The predicted octanol–water partition coefficient (Wildman–Crippen LogP) is 0.858. The Balaban J connectivity index is 0.000000730. The van der Waals surface area contributed by atoms with Crippen molar-refractivity contribution in [2.75, 3.05) is 24.5 Å². The molecule has 3 aliphatic heterocycles. The van der Waals surface area contributed by atoms with Gasteiger partial charge in [0.2, 0.25) is 0 Å². The Morgan fingerprint density at radius 3 is 3.03 bits per heavy atom. The number of nitrogens with zero attached hydrogens (tertiary/aromatic N) is 5. The van der Waals surface area contributed by atoms with Crippen molar-refractivity contribution < 1.29 is 19.4 Å². The molecule has 0 unspecified atom stereocenters. The van der Waals surface area contributed by atoms with Crippen molar-refractivity contribution in [1.82, 2.24) is 20.3 Å². The quantitative estimate of drug-likeness (QED) is 0.686. The number of carbonyl (C=O) groups excluding carboxylic acids is 1. The molecule has 5 rings (SSSR count). The topological polar surface area (TPSA) is 141 Å². The number of hydrogen-bond donors (Lipinski definition) is 2. The van der Waals surface area contributed by atoms with Crippen molar-refractivity contribution in [1.29, 1.82) is 5.26 Å². The van der Waals surface area contributed by atoms with Gasteiger partial charge in [0.15, 0.2) is 0 Å². The second kappa shape index (κ2) is 8.65. The largest absolute Gasteiger partial charge is 0.483 e. The van der Waals surface area contributed by atoms with Crippen LogP contribution >= 0.6 is 0 Å². The van der Waals surface area contributed by atoms with E-state index in [0.717, 1.165) is 31.7 Å². The Bertz CT molecular complexity index is 997. The SMILES string of the molecule is N#Cc1cccc(N2C[C@@H]3[C@H](CNC(=O)c4cnccn4)[C@H]4CC[C@]3(C2)O4)n1.O=CO. The molecule has 2 bridgehead atoms. The Kier molecular flexibility index (Phi) is 5.77. The molecule has 2 N–H and O–H groups in total. The van der Waals surface area contributed by atoms with Gasteiger partial charge in [0.05, 0.1) is 17.9 Å². The average molecular weight is 422 g/mol. The predicted molar refractivity (Wildman–Crippen MR) is 108 cm³/mol. The molecule has 5 heterocycles. The molecule has 10 nitrogen and oxygen atoms in total. The van der Waals surface area contributed by atoms with Crippen LogP contribution in [0, 0.1) is 23.2 Å². The van der Waals surface area contributed by atoms with Crippen LogP contribution in [0.2, 0.25) is 0 Å². The maximum Gasteiger partial charge on any atom is 0.290 e. The Hall–Kier alpha value is -3.58. The van der Waals surface area contributed by atoms with Crippen molar-refractivity contribution in [3.63, 3.8) is 0 Å².